The first kappa shape index (κ1) is 14.7. The van der Waals surface area contributed by atoms with Gasteiger partial charge in [0, 0.05) is 0 Å². The highest BCUT2D eigenvalue weighted by atomic mass is 19.3. The van der Waals surface area contributed by atoms with Crippen molar-refractivity contribution >= 4 is 5.97 Å². The standard InChI is InChI=1S/C12H11F2NO4/c1-2-18-10(16)5-7-3-4-9(19-12(13)14)11(17)8(7)6-15/h3-4,12,17H,2,5H2,1H3. The van der Waals surface area contributed by atoms with Crippen LogP contribution in [0.1, 0.15) is 18.1 Å². The first-order valence-corrected chi connectivity index (χ1v) is 5.35. The van der Waals surface area contributed by atoms with Crippen molar-refractivity contribution in [3.63, 3.8) is 0 Å². The largest absolute Gasteiger partial charge is 0.503 e. The van der Waals surface area contributed by atoms with E-state index in [1.807, 2.05) is 0 Å². The van der Waals surface area contributed by atoms with Crippen molar-refractivity contribution in [3.05, 3.63) is 23.3 Å². The van der Waals surface area contributed by atoms with Crippen LogP contribution < -0.4 is 4.74 Å². The predicted molar refractivity (Wildman–Crippen MR) is 59.8 cm³/mol. The maximum absolute atomic E-state index is 12.1. The van der Waals surface area contributed by atoms with E-state index < -0.39 is 24.1 Å². The second-order valence-corrected chi connectivity index (χ2v) is 3.42. The molecule has 0 bridgehead atoms. The molecule has 0 heterocycles. The van der Waals surface area contributed by atoms with E-state index in [0.29, 0.717) is 0 Å². The number of esters is 1. The van der Waals surface area contributed by atoms with Gasteiger partial charge in [-0.2, -0.15) is 14.0 Å². The maximum Gasteiger partial charge on any atom is 0.387 e. The molecule has 0 aliphatic rings. The van der Waals surface area contributed by atoms with Gasteiger partial charge in [0.25, 0.3) is 0 Å². The third kappa shape index (κ3) is 3.81. The summed E-state index contributed by atoms with van der Waals surface area (Å²) in [6.07, 6.45) is -0.237. The smallest absolute Gasteiger partial charge is 0.387 e. The number of phenols is 1. The number of nitrogens with zero attached hydrogens (tertiary/aromatic N) is 1. The maximum atomic E-state index is 12.1. The van der Waals surface area contributed by atoms with E-state index >= 15 is 0 Å². The molecule has 0 fully saturated rings. The molecule has 0 aliphatic carbocycles. The lowest BCUT2D eigenvalue weighted by molar-refractivity contribution is -0.142. The summed E-state index contributed by atoms with van der Waals surface area (Å²) >= 11 is 0. The fraction of sp³-hybridized carbons (Fsp3) is 0.333. The Hall–Kier alpha value is -2.36. The number of nitriles is 1. The Kier molecular flexibility index (Phi) is 5.06. The van der Waals surface area contributed by atoms with Crippen LogP contribution in [-0.2, 0) is 16.0 Å². The number of carbonyl (C=O) groups is 1. The number of alkyl halides is 2. The molecule has 0 atom stereocenters. The highest BCUT2D eigenvalue weighted by Gasteiger charge is 2.18. The molecular formula is C12H11F2NO4. The number of ether oxygens (including phenoxy) is 2. The predicted octanol–water partition coefficient (Wildman–Crippen LogP) is 1.97. The minimum Gasteiger partial charge on any atom is -0.503 e. The second kappa shape index (κ2) is 6.54. The Labute approximate surface area is 108 Å². The fourth-order valence-corrected chi connectivity index (χ4v) is 1.44. The molecule has 5 nitrogen and oxygen atoms in total. The average molecular weight is 271 g/mol. The van der Waals surface area contributed by atoms with Crippen LogP contribution in [0.25, 0.3) is 0 Å². The van der Waals surface area contributed by atoms with Crippen LogP contribution in [0, 0.1) is 11.3 Å². The number of carbonyl (C=O) groups excluding carboxylic acids is 1. The first-order valence-electron chi connectivity index (χ1n) is 5.35. The van der Waals surface area contributed by atoms with Gasteiger partial charge in [-0.15, -0.1) is 0 Å². The van der Waals surface area contributed by atoms with E-state index in [-0.39, 0.29) is 24.2 Å². The lowest BCUT2D eigenvalue weighted by Gasteiger charge is -2.10. The van der Waals surface area contributed by atoms with E-state index in [1.54, 1.807) is 13.0 Å². The van der Waals surface area contributed by atoms with Gasteiger partial charge in [-0.25, -0.2) is 0 Å². The second-order valence-electron chi connectivity index (χ2n) is 3.42. The Bertz CT molecular complexity index is 511. The molecule has 0 unspecified atom stereocenters. The highest BCUT2D eigenvalue weighted by molar-refractivity contribution is 5.74. The summed E-state index contributed by atoms with van der Waals surface area (Å²) in [7, 11) is 0. The van der Waals surface area contributed by atoms with E-state index in [1.165, 1.54) is 6.07 Å². The third-order valence-corrected chi connectivity index (χ3v) is 2.20. The number of halogens is 2. The van der Waals surface area contributed by atoms with Crippen LogP contribution in [-0.4, -0.2) is 24.3 Å². The summed E-state index contributed by atoms with van der Waals surface area (Å²) in [5.41, 5.74) is -0.105. The van der Waals surface area contributed by atoms with Gasteiger partial charge in [-0.1, -0.05) is 6.07 Å². The Balaban J connectivity index is 3.05. The molecule has 102 valence electrons. The van der Waals surface area contributed by atoms with Crippen LogP contribution in [0.3, 0.4) is 0 Å². The average Bonchev–Trinajstić information content (AvgIpc) is 2.33. The summed E-state index contributed by atoms with van der Waals surface area (Å²) in [5, 5.41) is 18.5. The zero-order valence-corrected chi connectivity index (χ0v) is 10.0. The number of benzene rings is 1. The van der Waals surface area contributed by atoms with Gasteiger partial charge in [0.2, 0.25) is 0 Å². The van der Waals surface area contributed by atoms with Gasteiger partial charge in [0.15, 0.2) is 11.5 Å². The topological polar surface area (TPSA) is 79.6 Å². The van der Waals surface area contributed by atoms with E-state index in [0.717, 1.165) is 6.07 Å². The molecule has 7 heteroatoms. The molecule has 1 N–H and O–H groups in total. The lowest BCUT2D eigenvalue weighted by Crippen LogP contribution is -2.09. The first-order chi connectivity index (χ1) is 8.99. The van der Waals surface area contributed by atoms with Crippen LogP contribution in [0.5, 0.6) is 11.5 Å². The van der Waals surface area contributed by atoms with Crippen LogP contribution in [0.2, 0.25) is 0 Å². The molecule has 1 aromatic carbocycles. The van der Waals surface area contributed by atoms with Gasteiger partial charge in [0.05, 0.1) is 13.0 Å². The SMILES string of the molecule is CCOC(=O)Cc1ccc(OC(F)F)c(O)c1C#N. The minimum absolute atomic E-state index is 0.180. The molecule has 1 aromatic rings. The van der Waals surface area contributed by atoms with Crippen molar-refractivity contribution in [2.24, 2.45) is 0 Å². The molecule has 0 saturated heterocycles. The molecule has 0 spiro atoms. The van der Waals surface area contributed by atoms with Crippen molar-refractivity contribution in [1.82, 2.24) is 0 Å². The van der Waals surface area contributed by atoms with Crippen molar-refractivity contribution in [2.75, 3.05) is 6.61 Å². The Morgan fingerprint density at radius 1 is 1.53 bits per heavy atom. The van der Waals surface area contributed by atoms with Crippen LogP contribution in [0.15, 0.2) is 12.1 Å². The number of aromatic hydroxyl groups is 1. The summed E-state index contributed by atoms with van der Waals surface area (Å²) in [6, 6.07) is 3.97. The molecule has 0 radical (unpaired) electrons. The molecule has 0 saturated carbocycles. The monoisotopic (exact) mass is 271 g/mol. The lowest BCUT2D eigenvalue weighted by atomic mass is 10.0. The fourth-order valence-electron chi connectivity index (χ4n) is 1.44. The Morgan fingerprint density at radius 3 is 2.74 bits per heavy atom. The molecule has 0 aliphatic heterocycles. The number of hydrogen-bond acceptors (Lipinski definition) is 5. The minimum atomic E-state index is -3.12. The van der Waals surface area contributed by atoms with E-state index in [4.69, 9.17) is 10.00 Å². The number of phenolic OH excluding ortho intramolecular Hbond substituents is 1. The van der Waals surface area contributed by atoms with E-state index in [9.17, 15) is 18.7 Å². The van der Waals surface area contributed by atoms with Crippen molar-refractivity contribution in [2.45, 2.75) is 20.0 Å². The van der Waals surface area contributed by atoms with Gasteiger partial charge < -0.3 is 14.6 Å². The van der Waals surface area contributed by atoms with Crippen molar-refractivity contribution < 1.29 is 28.2 Å². The van der Waals surface area contributed by atoms with Gasteiger partial charge in [-0.05, 0) is 18.6 Å². The highest BCUT2D eigenvalue weighted by Crippen LogP contribution is 2.33. The molecule has 1 rings (SSSR count). The summed E-state index contributed by atoms with van der Waals surface area (Å²) in [4.78, 5) is 11.3. The summed E-state index contributed by atoms with van der Waals surface area (Å²) < 4.78 is 32.9. The normalized spacial score (nSPS) is 10.1. The molecule has 19 heavy (non-hydrogen) atoms. The van der Waals surface area contributed by atoms with Gasteiger partial charge in [-0.3, -0.25) is 4.79 Å². The third-order valence-electron chi connectivity index (χ3n) is 2.20. The molecule has 0 aromatic heterocycles. The Morgan fingerprint density at radius 2 is 2.21 bits per heavy atom. The van der Waals surface area contributed by atoms with Gasteiger partial charge >= 0.3 is 12.6 Å². The number of rotatable bonds is 5. The van der Waals surface area contributed by atoms with Crippen molar-refractivity contribution in [1.29, 1.82) is 5.26 Å². The summed E-state index contributed by atoms with van der Waals surface area (Å²) in [5.74, 6) is -1.82. The van der Waals surface area contributed by atoms with Crippen LogP contribution >= 0.6 is 0 Å². The molecular weight excluding hydrogens is 260 g/mol. The molecule has 0 amide bonds. The zero-order chi connectivity index (χ0) is 14.4. The van der Waals surface area contributed by atoms with Crippen LogP contribution in [0.4, 0.5) is 8.78 Å². The zero-order valence-electron chi connectivity index (χ0n) is 10.0. The summed E-state index contributed by atoms with van der Waals surface area (Å²) in [6.45, 7) is -1.31. The van der Waals surface area contributed by atoms with E-state index in [2.05, 4.69) is 4.74 Å². The van der Waals surface area contributed by atoms with Gasteiger partial charge in [0.1, 0.15) is 11.6 Å². The quantitative estimate of drug-likeness (QED) is 0.828. The number of hydrogen-bond donors (Lipinski definition) is 1. The van der Waals surface area contributed by atoms with Crippen molar-refractivity contribution in [3.8, 4) is 17.6 Å².